The summed E-state index contributed by atoms with van der Waals surface area (Å²) in [5.74, 6) is 2.29. The summed E-state index contributed by atoms with van der Waals surface area (Å²) < 4.78 is 5.06. The van der Waals surface area contributed by atoms with Gasteiger partial charge in [-0.15, -0.1) is 11.8 Å². The molecule has 202 valence electrons. The number of rotatable bonds is 13. The van der Waals surface area contributed by atoms with Crippen LogP contribution in [0.15, 0.2) is 51.2 Å². The standard InChI is InChI=1S/C28H38N2O4S3/c1-19-7-9-21(10-8-19)20(6-5-17-35-23-14-12-22(34-4)13-15-23)11-16-24(31)30-27-29-18-25(36-27)37-28(2,3)26(32)33/h11-15,18-19,21H,5-10,16-17H2,1-4H3,(H,32,33)(H,29,30,31)/b20-11+. The third-order valence-electron chi connectivity index (χ3n) is 6.63. The molecule has 2 N–H and O–H groups in total. The summed E-state index contributed by atoms with van der Waals surface area (Å²) in [4.78, 5) is 29.6. The van der Waals surface area contributed by atoms with Gasteiger partial charge >= 0.3 is 5.97 Å². The van der Waals surface area contributed by atoms with Gasteiger partial charge in [0.25, 0.3) is 0 Å². The number of aliphatic carboxylic acids is 1. The predicted octanol–water partition coefficient (Wildman–Crippen LogP) is 7.76. The number of carboxylic acids is 1. The van der Waals surface area contributed by atoms with Crippen molar-refractivity contribution in [3.63, 3.8) is 0 Å². The minimum atomic E-state index is -0.950. The van der Waals surface area contributed by atoms with Gasteiger partial charge in [0.2, 0.25) is 5.91 Å². The first-order valence-corrected chi connectivity index (χ1v) is 15.4. The number of thiazole rings is 1. The van der Waals surface area contributed by atoms with Crippen LogP contribution in [0.3, 0.4) is 0 Å². The average molecular weight is 563 g/mol. The number of nitrogens with one attached hydrogen (secondary N) is 1. The van der Waals surface area contributed by atoms with Crippen LogP contribution in [-0.4, -0.2) is 39.6 Å². The van der Waals surface area contributed by atoms with Crippen LogP contribution in [-0.2, 0) is 9.59 Å². The molecular weight excluding hydrogens is 525 g/mol. The van der Waals surface area contributed by atoms with E-state index in [4.69, 9.17) is 4.74 Å². The Labute approximate surface area is 233 Å². The number of nitrogens with zero attached hydrogens (tertiary/aromatic N) is 1. The van der Waals surface area contributed by atoms with Crippen molar-refractivity contribution in [3.8, 4) is 5.75 Å². The van der Waals surface area contributed by atoms with Crippen LogP contribution in [0.25, 0.3) is 0 Å². The molecule has 0 unspecified atom stereocenters. The highest BCUT2D eigenvalue weighted by Crippen LogP contribution is 2.38. The van der Waals surface area contributed by atoms with Gasteiger partial charge in [-0.3, -0.25) is 9.59 Å². The molecule has 1 amide bonds. The van der Waals surface area contributed by atoms with Gasteiger partial charge in [0.1, 0.15) is 10.5 Å². The summed E-state index contributed by atoms with van der Waals surface area (Å²) in [6, 6.07) is 8.18. The van der Waals surface area contributed by atoms with Crippen molar-refractivity contribution in [3.05, 3.63) is 42.1 Å². The molecule has 1 saturated carbocycles. The van der Waals surface area contributed by atoms with E-state index in [1.807, 2.05) is 23.9 Å². The fraction of sp³-hybridized carbons (Fsp3) is 0.536. The molecule has 3 rings (SSSR count). The number of aromatic nitrogens is 1. The Morgan fingerprint density at radius 3 is 2.57 bits per heavy atom. The zero-order valence-corrected chi connectivity index (χ0v) is 24.6. The van der Waals surface area contributed by atoms with E-state index in [0.717, 1.165) is 34.5 Å². The first kappa shape index (κ1) is 29.6. The van der Waals surface area contributed by atoms with E-state index >= 15 is 0 Å². The molecule has 0 bridgehead atoms. The third-order valence-corrected chi connectivity index (χ3v) is 9.93. The van der Waals surface area contributed by atoms with Crippen molar-refractivity contribution in [2.75, 3.05) is 18.2 Å². The Morgan fingerprint density at radius 1 is 1.22 bits per heavy atom. The van der Waals surface area contributed by atoms with Crippen molar-refractivity contribution < 1.29 is 19.4 Å². The maximum absolute atomic E-state index is 12.7. The topological polar surface area (TPSA) is 88.5 Å². The van der Waals surface area contributed by atoms with Gasteiger partial charge in [-0.05, 0) is 81.4 Å². The number of benzene rings is 1. The van der Waals surface area contributed by atoms with Crippen LogP contribution in [0.1, 0.15) is 65.7 Å². The highest BCUT2D eigenvalue weighted by Gasteiger charge is 2.29. The highest BCUT2D eigenvalue weighted by molar-refractivity contribution is 8.03. The zero-order chi connectivity index (χ0) is 26.8. The van der Waals surface area contributed by atoms with Gasteiger partial charge in [-0.1, -0.05) is 54.5 Å². The molecule has 1 aromatic carbocycles. The van der Waals surface area contributed by atoms with E-state index in [9.17, 15) is 14.7 Å². The molecule has 0 radical (unpaired) electrons. The Hall–Kier alpha value is -1.97. The lowest BCUT2D eigenvalue weighted by Crippen LogP contribution is -2.26. The number of hydrogen-bond donors (Lipinski definition) is 2. The monoisotopic (exact) mass is 562 g/mol. The lowest BCUT2D eigenvalue weighted by Gasteiger charge is -2.28. The lowest BCUT2D eigenvalue weighted by molar-refractivity contribution is -0.138. The van der Waals surface area contributed by atoms with Crippen LogP contribution in [0.2, 0.25) is 0 Å². The second-order valence-corrected chi connectivity index (χ2v) is 14.1. The number of methoxy groups -OCH3 is 1. The molecule has 0 saturated heterocycles. The number of anilines is 1. The Bertz CT molecular complexity index is 1060. The molecule has 6 nitrogen and oxygen atoms in total. The summed E-state index contributed by atoms with van der Waals surface area (Å²) in [5, 5.41) is 12.7. The predicted molar refractivity (Wildman–Crippen MR) is 155 cm³/mol. The van der Waals surface area contributed by atoms with Crippen LogP contribution in [0, 0.1) is 11.8 Å². The van der Waals surface area contributed by atoms with Crippen molar-refractivity contribution in [1.82, 2.24) is 4.98 Å². The number of thioether (sulfide) groups is 2. The molecule has 0 spiro atoms. The third kappa shape index (κ3) is 9.69. The van der Waals surface area contributed by atoms with Crippen LogP contribution in [0.4, 0.5) is 5.13 Å². The van der Waals surface area contributed by atoms with E-state index in [-0.39, 0.29) is 5.91 Å². The van der Waals surface area contributed by atoms with Gasteiger partial charge in [0, 0.05) is 11.3 Å². The smallest absolute Gasteiger partial charge is 0.319 e. The largest absolute Gasteiger partial charge is 0.497 e. The van der Waals surface area contributed by atoms with Crippen molar-refractivity contribution >= 4 is 51.9 Å². The normalized spacial score (nSPS) is 18.4. The van der Waals surface area contributed by atoms with Gasteiger partial charge in [-0.25, -0.2) is 4.98 Å². The number of hydrogen-bond acceptors (Lipinski definition) is 7. The quantitative estimate of drug-likeness (QED) is 0.146. The SMILES string of the molecule is COc1ccc(SCCC/C(=C\CC(=O)Nc2ncc(SC(C)(C)C(=O)O)s2)C2CCC(C)CC2)cc1. The summed E-state index contributed by atoms with van der Waals surface area (Å²) in [7, 11) is 1.68. The Kier molecular flexibility index (Phi) is 11.4. The number of ether oxygens (including phenoxy) is 1. The van der Waals surface area contributed by atoms with Crippen molar-refractivity contribution in [2.24, 2.45) is 11.8 Å². The molecule has 0 aliphatic heterocycles. The minimum Gasteiger partial charge on any atom is -0.497 e. The number of carboxylic acid groups (broad SMARTS) is 1. The number of carbonyl (C=O) groups excluding carboxylic acids is 1. The van der Waals surface area contributed by atoms with Gasteiger partial charge in [-0.2, -0.15) is 0 Å². The molecule has 0 atom stereocenters. The maximum Gasteiger partial charge on any atom is 0.319 e. The zero-order valence-electron chi connectivity index (χ0n) is 22.1. The summed E-state index contributed by atoms with van der Waals surface area (Å²) >= 11 is 4.40. The molecule has 1 aliphatic carbocycles. The number of amides is 1. The Morgan fingerprint density at radius 2 is 1.92 bits per heavy atom. The molecular formula is C28H38N2O4S3. The first-order chi connectivity index (χ1) is 17.7. The van der Waals surface area contributed by atoms with Gasteiger partial charge < -0.3 is 15.2 Å². The van der Waals surface area contributed by atoms with E-state index in [1.54, 1.807) is 27.2 Å². The van der Waals surface area contributed by atoms with Crippen LogP contribution >= 0.6 is 34.9 Å². The summed E-state index contributed by atoms with van der Waals surface area (Å²) in [5.41, 5.74) is 1.41. The second-order valence-electron chi connectivity index (χ2n) is 10.0. The molecule has 2 aromatic rings. The second kappa shape index (κ2) is 14.3. The molecule has 1 heterocycles. The molecule has 1 aromatic heterocycles. The van der Waals surface area contributed by atoms with Crippen molar-refractivity contribution in [2.45, 2.75) is 79.6 Å². The van der Waals surface area contributed by atoms with Crippen molar-refractivity contribution in [1.29, 1.82) is 0 Å². The number of allylic oxidation sites excluding steroid dienone is 1. The summed E-state index contributed by atoms with van der Waals surface area (Å²) in [6.07, 6.45) is 11.1. The fourth-order valence-electron chi connectivity index (χ4n) is 4.30. The highest BCUT2D eigenvalue weighted by atomic mass is 32.2. The number of carbonyl (C=O) groups is 2. The first-order valence-electron chi connectivity index (χ1n) is 12.8. The molecule has 1 aliphatic rings. The van der Waals surface area contributed by atoms with Crippen LogP contribution < -0.4 is 10.1 Å². The minimum absolute atomic E-state index is 0.0855. The van der Waals surface area contributed by atoms with Gasteiger partial charge in [0.05, 0.1) is 17.5 Å². The Balaban J connectivity index is 1.54. The van der Waals surface area contributed by atoms with Crippen LogP contribution in [0.5, 0.6) is 5.75 Å². The molecule has 1 fully saturated rings. The van der Waals surface area contributed by atoms with E-state index in [0.29, 0.717) is 17.5 Å². The fourth-order valence-corrected chi connectivity index (χ4v) is 7.44. The maximum atomic E-state index is 12.7. The lowest BCUT2D eigenvalue weighted by atomic mass is 9.78. The summed E-state index contributed by atoms with van der Waals surface area (Å²) in [6.45, 7) is 5.65. The van der Waals surface area contributed by atoms with E-state index in [2.05, 4.69) is 35.4 Å². The van der Waals surface area contributed by atoms with E-state index < -0.39 is 10.7 Å². The average Bonchev–Trinajstić information content (AvgIpc) is 3.30. The molecule has 37 heavy (non-hydrogen) atoms. The molecule has 9 heteroatoms. The van der Waals surface area contributed by atoms with E-state index in [1.165, 1.54) is 59.3 Å². The van der Waals surface area contributed by atoms with Gasteiger partial charge in [0.15, 0.2) is 5.13 Å².